The van der Waals surface area contributed by atoms with Crippen molar-refractivity contribution in [1.82, 2.24) is 20.9 Å². The standard InChI is InChI=1S/C27H40N4O5/c1-3-4-13-22(23(32)24(33)28-20(2)21-11-7-5-8-12-21)29-25(34)27(14-9-6-10-15-27)30-26(35)31-16-18-36-19-17-31/h5,7-8,11-12,20,22H,3-4,6,9-10,13-19H2,1-2H3,(H,28,33)(H,29,34)(H,30,35). The van der Waals surface area contributed by atoms with Crippen molar-refractivity contribution < 1.29 is 23.9 Å². The third kappa shape index (κ3) is 7.29. The van der Waals surface area contributed by atoms with Crippen molar-refractivity contribution in [1.29, 1.82) is 0 Å². The van der Waals surface area contributed by atoms with E-state index in [1.165, 1.54) is 0 Å². The van der Waals surface area contributed by atoms with Crippen LogP contribution >= 0.6 is 0 Å². The number of benzene rings is 1. The molecule has 2 unspecified atom stereocenters. The number of ketones is 1. The van der Waals surface area contributed by atoms with Gasteiger partial charge in [0, 0.05) is 13.1 Å². The molecular weight excluding hydrogens is 460 g/mol. The molecule has 4 amide bonds. The summed E-state index contributed by atoms with van der Waals surface area (Å²) in [6, 6.07) is 7.82. The number of Topliss-reactive ketones (excluding diaryl/α,β-unsaturated/α-hetero) is 1. The predicted molar refractivity (Wildman–Crippen MR) is 136 cm³/mol. The van der Waals surface area contributed by atoms with Gasteiger partial charge in [0.1, 0.15) is 5.54 Å². The van der Waals surface area contributed by atoms with Crippen molar-refractivity contribution in [2.75, 3.05) is 26.3 Å². The number of carbonyl (C=O) groups excluding carboxylic acids is 4. The first kappa shape index (κ1) is 27.6. The number of morpholine rings is 1. The predicted octanol–water partition coefficient (Wildman–Crippen LogP) is 2.85. The van der Waals surface area contributed by atoms with E-state index in [2.05, 4.69) is 16.0 Å². The SMILES string of the molecule is CCCCC(NC(=O)C1(NC(=O)N2CCOCC2)CCCCC1)C(=O)C(=O)NC(C)c1ccccc1. The van der Waals surface area contributed by atoms with Gasteiger partial charge in [-0.3, -0.25) is 14.4 Å². The van der Waals surface area contributed by atoms with E-state index >= 15 is 0 Å². The second-order valence-electron chi connectivity index (χ2n) is 9.81. The fraction of sp³-hybridized carbons (Fsp3) is 0.630. The van der Waals surface area contributed by atoms with Crippen molar-refractivity contribution in [2.45, 2.75) is 82.8 Å². The molecule has 3 rings (SSSR count). The van der Waals surface area contributed by atoms with Crippen LogP contribution in [-0.2, 0) is 19.1 Å². The van der Waals surface area contributed by atoms with E-state index in [-0.39, 0.29) is 18.0 Å². The summed E-state index contributed by atoms with van der Waals surface area (Å²) in [6.07, 6.45) is 5.47. The summed E-state index contributed by atoms with van der Waals surface area (Å²) in [5, 5.41) is 8.61. The van der Waals surface area contributed by atoms with E-state index in [0.717, 1.165) is 31.2 Å². The van der Waals surface area contributed by atoms with Crippen LogP contribution in [-0.4, -0.2) is 66.4 Å². The minimum Gasteiger partial charge on any atom is -0.378 e. The maximum absolute atomic E-state index is 13.6. The summed E-state index contributed by atoms with van der Waals surface area (Å²) in [5.41, 5.74) is -0.202. The number of nitrogens with one attached hydrogen (secondary N) is 3. The second kappa shape index (κ2) is 13.4. The van der Waals surface area contributed by atoms with E-state index in [1.54, 1.807) is 4.90 Å². The summed E-state index contributed by atoms with van der Waals surface area (Å²) >= 11 is 0. The van der Waals surface area contributed by atoms with E-state index in [0.29, 0.717) is 52.0 Å². The Kier molecular flexibility index (Phi) is 10.3. The fourth-order valence-corrected chi connectivity index (χ4v) is 4.84. The fourth-order valence-electron chi connectivity index (χ4n) is 4.84. The lowest BCUT2D eigenvalue weighted by Crippen LogP contribution is -2.64. The van der Waals surface area contributed by atoms with E-state index in [9.17, 15) is 19.2 Å². The maximum Gasteiger partial charge on any atom is 0.318 e. The molecule has 2 atom stereocenters. The Balaban J connectivity index is 1.70. The molecule has 2 aliphatic rings. The summed E-state index contributed by atoms with van der Waals surface area (Å²) in [7, 11) is 0. The molecule has 198 valence electrons. The van der Waals surface area contributed by atoms with Gasteiger partial charge in [0.15, 0.2) is 0 Å². The lowest BCUT2D eigenvalue weighted by atomic mass is 9.80. The van der Waals surface area contributed by atoms with Crippen LogP contribution in [0.4, 0.5) is 4.79 Å². The summed E-state index contributed by atoms with van der Waals surface area (Å²) in [6.45, 7) is 5.69. The minimum atomic E-state index is -1.09. The number of hydrogen-bond donors (Lipinski definition) is 3. The van der Waals surface area contributed by atoms with Gasteiger partial charge in [-0.05, 0) is 31.7 Å². The van der Waals surface area contributed by atoms with Crippen molar-refractivity contribution in [3.63, 3.8) is 0 Å². The molecule has 2 fully saturated rings. The largest absolute Gasteiger partial charge is 0.378 e. The second-order valence-corrected chi connectivity index (χ2v) is 9.81. The van der Waals surface area contributed by atoms with Crippen LogP contribution < -0.4 is 16.0 Å². The monoisotopic (exact) mass is 500 g/mol. The molecule has 9 heteroatoms. The molecule has 0 bridgehead atoms. The Morgan fingerprint density at radius 2 is 1.67 bits per heavy atom. The highest BCUT2D eigenvalue weighted by molar-refractivity contribution is 6.38. The highest BCUT2D eigenvalue weighted by Gasteiger charge is 2.43. The summed E-state index contributed by atoms with van der Waals surface area (Å²) in [4.78, 5) is 54.3. The van der Waals surface area contributed by atoms with E-state index in [1.807, 2.05) is 44.2 Å². The number of hydrogen-bond acceptors (Lipinski definition) is 5. The summed E-state index contributed by atoms with van der Waals surface area (Å²) < 4.78 is 5.33. The van der Waals surface area contributed by atoms with Crippen LogP contribution in [0.3, 0.4) is 0 Å². The van der Waals surface area contributed by atoms with Crippen LogP contribution in [0, 0.1) is 0 Å². The molecule has 1 heterocycles. The van der Waals surface area contributed by atoms with Crippen LogP contribution in [0.15, 0.2) is 30.3 Å². The van der Waals surface area contributed by atoms with Gasteiger partial charge in [-0.15, -0.1) is 0 Å². The Morgan fingerprint density at radius 1 is 1.00 bits per heavy atom. The van der Waals surface area contributed by atoms with Gasteiger partial charge < -0.3 is 25.6 Å². The Morgan fingerprint density at radius 3 is 2.31 bits per heavy atom. The molecule has 0 radical (unpaired) electrons. The zero-order valence-corrected chi connectivity index (χ0v) is 21.5. The molecule has 36 heavy (non-hydrogen) atoms. The molecule has 3 N–H and O–H groups in total. The average Bonchev–Trinajstić information content (AvgIpc) is 2.91. The third-order valence-electron chi connectivity index (χ3n) is 7.13. The zero-order chi connectivity index (χ0) is 26.0. The van der Waals surface area contributed by atoms with Gasteiger partial charge in [-0.25, -0.2) is 4.79 Å². The van der Waals surface area contributed by atoms with Gasteiger partial charge >= 0.3 is 6.03 Å². The number of carbonyl (C=O) groups is 4. The van der Waals surface area contributed by atoms with Gasteiger partial charge in [0.05, 0.1) is 25.3 Å². The molecule has 0 spiro atoms. The number of rotatable bonds is 10. The first-order valence-corrected chi connectivity index (χ1v) is 13.2. The Labute approximate surface area is 213 Å². The van der Waals surface area contributed by atoms with Gasteiger partial charge in [0.25, 0.3) is 5.91 Å². The molecule has 1 aliphatic heterocycles. The molecule has 1 aromatic carbocycles. The number of unbranched alkanes of at least 4 members (excludes halogenated alkanes) is 1. The normalized spacial score (nSPS) is 19.0. The van der Waals surface area contributed by atoms with E-state index < -0.39 is 23.3 Å². The van der Waals surface area contributed by atoms with Crippen molar-refractivity contribution >= 4 is 23.6 Å². The third-order valence-corrected chi connectivity index (χ3v) is 7.13. The van der Waals surface area contributed by atoms with Crippen molar-refractivity contribution in [3.05, 3.63) is 35.9 Å². The zero-order valence-electron chi connectivity index (χ0n) is 21.5. The van der Waals surface area contributed by atoms with Gasteiger partial charge in [0.2, 0.25) is 11.7 Å². The average molecular weight is 501 g/mol. The quantitative estimate of drug-likeness (QED) is 0.427. The van der Waals surface area contributed by atoms with Gasteiger partial charge in [-0.1, -0.05) is 69.4 Å². The molecule has 1 saturated heterocycles. The molecule has 0 aromatic heterocycles. The lowest BCUT2D eigenvalue weighted by molar-refractivity contribution is -0.141. The molecule has 1 aliphatic carbocycles. The first-order chi connectivity index (χ1) is 17.4. The Bertz CT molecular complexity index is 895. The number of urea groups is 1. The van der Waals surface area contributed by atoms with Crippen molar-refractivity contribution in [3.8, 4) is 0 Å². The molecule has 1 aromatic rings. The van der Waals surface area contributed by atoms with Crippen LogP contribution in [0.25, 0.3) is 0 Å². The number of amides is 4. The minimum absolute atomic E-state index is 0.291. The highest BCUT2D eigenvalue weighted by atomic mass is 16.5. The lowest BCUT2D eigenvalue weighted by Gasteiger charge is -2.39. The smallest absolute Gasteiger partial charge is 0.318 e. The molecule has 9 nitrogen and oxygen atoms in total. The van der Waals surface area contributed by atoms with Crippen LogP contribution in [0.1, 0.15) is 76.8 Å². The van der Waals surface area contributed by atoms with Crippen LogP contribution in [0.2, 0.25) is 0 Å². The van der Waals surface area contributed by atoms with Gasteiger partial charge in [-0.2, -0.15) is 0 Å². The first-order valence-electron chi connectivity index (χ1n) is 13.2. The summed E-state index contributed by atoms with van der Waals surface area (Å²) in [5.74, 6) is -1.77. The number of ether oxygens (including phenoxy) is 1. The molecule has 1 saturated carbocycles. The van der Waals surface area contributed by atoms with E-state index in [4.69, 9.17) is 4.74 Å². The topological polar surface area (TPSA) is 117 Å². The Hall–Kier alpha value is -2.94. The highest BCUT2D eigenvalue weighted by Crippen LogP contribution is 2.29. The number of nitrogens with zero attached hydrogens (tertiary/aromatic N) is 1. The maximum atomic E-state index is 13.6. The van der Waals surface area contributed by atoms with Crippen molar-refractivity contribution in [2.24, 2.45) is 0 Å². The van der Waals surface area contributed by atoms with Crippen LogP contribution in [0.5, 0.6) is 0 Å². The molecular formula is C27H40N4O5.